The number of aromatic nitrogens is 3. The molecule has 4 nitrogen and oxygen atoms in total. The van der Waals surface area contributed by atoms with Crippen LogP contribution in [0.1, 0.15) is 0 Å². The molecule has 0 radical (unpaired) electrons. The minimum absolute atomic E-state index is 0. The van der Waals surface area contributed by atoms with Gasteiger partial charge in [-0.15, -0.1) is 0 Å². The highest BCUT2D eigenvalue weighted by Crippen LogP contribution is 2.10. The van der Waals surface area contributed by atoms with Crippen LogP contribution in [0.2, 0.25) is 0 Å². The van der Waals surface area contributed by atoms with Gasteiger partial charge in [-0.05, 0) is 36.4 Å². The van der Waals surface area contributed by atoms with Crippen molar-refractivity contribution in [2.75, 3.05) is 0 Å². The lowest BCUT2D eigenvalue weighted by Crippen LogP contribution is -1.83. The van der Waals surface area contributed by atoms with E-state index in [-0.39, 0.29) is 5.48 Å². The minimum Gasteiger partial charge on any atom is -0.412 e. The summed E-state index contributed by atoms with van der Waals surface area (Å²) in [4.78, 5) is 12.2. The average molecular weight is 331 g/mol. The first-order valence-corrected chi connectivity index (χ1v) is 7.64. The summed E-state index contributed by atoms with van der Waals surface area (Å²) in [5.74, 6) is 0. The van der Waals surface area contributed by atoms with Gasteiger partial charge >= 0.3 is 0 Å². The third kappa shape index (κ3) is 8.74. The quantitative estimate of drug-likeness (QED) is 0.527. The summed E-state index contributed by atoms with van der Waals surface area (Å²) in [6.07, 6.45) is 7.04. The number of nitrogens with zero attached hydrogens (tertiary/aromatic N) is 3. The molecule has 4 heteroatoms. The molecule has 4 rings (SSSR count). The molecule has 3 aromatic heterocycles. The molecule has 0 aliphatic heterocycles. The highest BCUT2D eigenvalue weighted by atomic mass is 16.0. The molecule has 0 saturated carbocycles. The van der Waals surface area contributed by atoms with Crippen LogP contribution in [-0.4, -0.2) is 20.4 Å². The van der Waals surface area contributed by atoms with Gasteiger partial charge in [0.25, 0.3) is 0 Å². The van der Waals surface area contributed by atoms with Crippen LogP contribution in [0, 0.1) is 0 Å². The summed E-state index contributed by atoms with van der Waals surface area (Å²) in [6.45, 7) is 0. The van der Waals surface area contributed by atoms with E-state index in [0.29, 0.717) is 0 Å². The first kappa shape index (κ1) is 19.7. The van der Waals surface area contributed by atoms with Gasteiger partial charge in [0.15, 0.2) is 0 Å². The largest absolute Gasteiger partial charge is 0.412 e. The molecule has 0 amide bonds. The fourth-order valence-electron chi connectivity index (χ4n) is 1.73. The second-order valence-corrected chi connectivity index (χ2v) is 4.61. The molecule has 126 valence electrons. The molecule has 3 heterocycles. The van der Waals surface area contributed by atoms with Crippen molar-refractivity contribution < 1.29 is 5.48 Å². The molecular weight excluding hydrogens is 310 g/mol. The van der Waals surface area contributed by atoms with E-state index >= 15 is 0 Å². The Morgan fingerprint density at radius 1 is 0.400 bits per heavy atom. The van der Waals surface area contributed by atoms with Crippen molar-refractivity contribution in [2.45, 2.75) is 0 Å². The maximum Gasteiger partial charge on any atom is 0.0886 e. The van der Waals surface area contributed by atoms with Crippen LogP contribution in [-0.2, 0) is 0 Å². The van der Waals surface area contributed by atoms with Crippen LogP contribution in [0.5, 0.6) is 0 Å². The molecule has 0 saturated heterocycles. The fraction of sp³-hybridized carbons (Fsp3) is 0. The molecule has 0 bridgehead atoms. The zero-order valence-corrected chi connectivity index (χ0v) is 13.8. The summed E-state index contributed by atoms with van der Waals surface area (Å²) < 4.78 is 0. The van der Waals surface area contributed by atoms with E-state index in [2.05, 4.69) is 15.0 Å². The van der Waals surface area contributed by atoms with Gasteiger partial charge in [0.1, 0.15) is 0 Å². The van der Waals surface area contributed by atoms with Crippen LogP contribution in [0.4, 0.5) is 0 Å². The van der Waals surface area contributed by atoms with E-state index in [1.807, 2.05) is 91.0 Å². The Morgan fingerprint density at radius 3 is 1.00 bits per heavy atom. The van der Waals surface area contributed by atoms with Crippen molar-refractivity contribution in [1.82, 2.24) is 15.0 Å². The summed E-state index contributed by atoms with van der Waals surface area (Å²) >= 11 is 0. The van der Waals surface area contributed by atoms with Gasteiger partial charge in [-0.25, -0.2) is 0 Å². The highest BCUT2D eigenvalue weighted by molar-refractivity contribution is 5.52. The monoisotopic (exact) mass is 331 g/mol. The Hall–Kier alpha value is -3.37. The lowest BCUT2D eigenvalue weighted by atomic mass is 10.2. The number of benzene rings is 1. The van der Waals surface area contributed by atoms with Gasteiger partial charge < -0.3 is 5.48 Å². The third-order valence-electron chi connectivity index (χ3n) is 2.83. The molecule has 1 aromatic carbocycles. The van der Waals surface area contributed by atoms with Crippen LogP contribution >= 0.6 is 0 Å². The van der Waals surface area contributed by atoms with Crippen LogP contribution in [0.25, 0.3) is 11.4 Å². The zero-order valence-electron chi connectivity index (χ0n) is 13.8. The fourth-order valence-corrected chi connectivity index (χ4v) is 1.73. The molecule has 0 aliphatic carbocycles. The summed E-state index contributed by atoms with van der Waals surface area (Å²) in [7, 11) is 0. The Kier molecular flexibility index (Phi) is 10.3. The minimum atomic E-state index is 0. The maximum absolute atomic E-state index is 4.19. The molecular formula is C21H21N3O. The lowest BCUT2D eigenvalue weighted by molar-refractivity contribution is 0.824. The molecule has 0 spiro atoms. The average Bonchev–Trinajstić information content (AvgIpc) is 2.73. The number of rotatable bonds is 1. The number of hydrogen-bond acceptors (Lipinski definition) is 3. The summed E-state index contributed by atoms with van der Waals surface area (Å²) in [5, 5.41) is 0. The molecule has 25 heavy (non-hydrogen) atoms. The van der Waals surface area contributed by atoms with Crippen LogP contribution in [0.3, 0.4) is 0 Å². The Bertz CT molecular complexity index is 629. The van der Waals surface area contributed by atoms with Crippen LogP contribution in [0.15, 0.2) is 116 Å². The number of hydrogen-bond donors (Lipinski definition) is 0. The summed E-state index contributed by atoms with van der Waals surface area (Å²) in [5.41, 5.74) is 1.83. The number of pyridine rings is 3. The predicted molar refractivity (Wildman–Crippen MR) is 102 cm³/mol. The lowest BCUT2D eigenvalue weighted by Gasteiger charge is -1.96. The van der Waals surface area contributed by atoms with E-state index in [9.17, 15) is 0 Å². The topological polar surface area (TPSA) is 70.2 Å². The molecule has 0 unspecified atom stereocenters. The van der Waals surface area contributed by atoms with Crippen molar-refractivity contribution in [2.24, 2.45) is 0 Å². The molecule has 0 fully saturated rings. The zero-order chi connectivity index (χ0) is 16.7. The van der Waals surface area contributed by atoms with Gasteiger partial charge in [-0.1, -0.05) is 54.6 Å². The normalized spacial score (nSPS) is 8.48. The van der Waals surface area contributed by atoms with Crippen molar-refractivity contribution in [3.63, 3.8) is 0 Å². The predicted octanol–water partition coefficient (Wildman–Crippen LogP) is 4.09. The highest BCUT2D eigenvalue weighted by Gasteiger charge is 1.95. The van der Waals surface area contributed by atoms with E-state index in [1.54, 1.807) is 24.8 Å². The molecule has 2 N–H and O–H groups in total. The smallest absolute Gasteiger partial charge is 0.0886 e. The van der Waals surface area contributed by atoms with Gasteiger partial charge in [0.2, 0.25) is 0 Å². The van der Waals surface area contributed by atoms with Crippen molar-refractivity contribution in [3.05, 3.63) is 116 Å². The molecule has 0 aliphatic rings. The van der Waals surface area contributed by atoms with Crippen molar-refractivity contribution in [1.29, 1.82) is 0 Å². The van der Waals surface area contributed by atoms with E-state index < -0.39 is 0 Å². The standard InChI is InChI=1S/C10H8N2.C6H6.C5H5N.H2O/c1-3-7-11-9(5-1)10-6-2-4-8-12-10;2*1-2-4-6-5-3-1;/h1-8H;1-6H;1-5H;1H2. The van der Waals surface area contributed by atoms with E-state index in [0.717, 1.165) is 11.4 Å². The molecule has 0 atom stereocenters. The van der Waals surface area contributed by atoms with Gasteiger partial charge in [0.05, 0.1) is 11.4 Å². The van der Waals surface area contributed by atoms with E-state index in [1.165, 1.54) is 0 Å². The second-order valence-electron chi connectivity index (χ2n) is 4.61. The van der Waals surface area contributed by atoms with Crippen molar-refractivity contribution in [3.8, 4) is 11.4 Å². The maximum atomic E-state index is 4.19. The van der Waals surface area contributed by atoms with Gasteiger partial charge in [0, 0.05) is 24.8 Å². The van der Waals surface area contributed by atoms with E-state index in [4.69, 9.17) is 0 Å². The first-order valence-electron chi connectivity index (χ1n) is 7.64. The first-order chi connectivity index (χ1) is 12.0. The second kappa shape index (κ2) is 13.1. The van der Waals surface area contributed by atoms with Crippen molar-refractivity contribution >= 4 is 0 Å². The summed E-state index contributed by atoms with van der Waals surface area (Å²) in [6, 6.07) is 29.3. The molecule has 4 aromatic rings. The SMILES string of the molecule is O.c1ccc(-c2ccccn2)nc1.c1ccccc1.c1ccncc1. The Labute approximate surface area is 148 Å². The van der Waals surface area contributed by atoms with Gasteiger partial charge in [-0.2, -0.15) is 0 Å². The Balaban J connectivity index is 0.000000204. The Morgan fingerprint density at radius 2 is 0.760 bits per heavy atom. The third-order valence-corrected chi connectivity index (χ3v) is 2.83. The van der Waals surface area contributed by atoms with Gasteiger partial charge in [-0.3, -0.25) is 15.0 Å². The van der Waals surface area contributed by atoms with Crippen LogP contribution < -0.4 is 0 Å².